The lowest BCUT2D eigenvalue weighted by molar-refractivity contribution is 0.475. The smallest absolute Gasteiger partial charge is 0.167 e. The van der Waals surface area contributed by atoms with Gasteiger partial charge in [-0.3, -0.25) is 0 Å². The minimum atomic E-state index is 0.189. The molecule has 0 saturated carbocycles. The second-order valence-electron chi connectivity index (χ2n) is 7.03. The minimum Gasteiger partial charge on any atom is -0.515 e. The predicted molar refractivity (Wildman–Crippen MR) is 128 cm³/mol. The van der Waals surface area contributed by atoms with E-state index >= 15 is 0 Å². The molecule has 0 saturated heterocycles. The van der Waals surface area contributed by atoms with E-state index in [2.05, 4.69) is 15.0 Å². The first-order valence-corrected chi connectivity index (χ1v) is 10.2. The molecule has 3 aromatic carbocycles. The molecular formula is C27H21N3O3. The zero-order valence-corrected chi connectivity index (χ0v) is 17.6. The molecule has 1 heterocycles. The van der Waals surface area contributed by atoms with Crippen molar-refractivity contribution >= 4 is 16.7 Å². The maximum atomic E-state index is 10.0. The van der Waals surface area contributed by atoms with Crippen molar-refractivity contribution in [1.82, 2.24) is 15.0 Å². The Kier molecular flexibility index (Phi) is 6.56. The first-order valence-electron chi connectivity index (χ1n) is 10.2. The van der Waals surface area contributed by atoms with Gasteiger partial charge in [-0.15, -0.1) is 0 Å². The largest absolute Gasteiger partial charge is 0.515 e. The normalized spacial score (nSPS) is 12.5. The molecule has 0 atom stereocenters. The number of aliphatic hydroxyl groups is 3. The van der Waals surface area contributed by atoms with E-state index in [1.54, 1.807) is 0 Å². The fourth-order valence-electron chi connectivity index (χ4n) is 3.37. The SMILES string of the molecule is O/C=C(/c1ccccc1)c1nc(/C(=C\O)c2ccccc2)nc(/C(=C/O)c2ccccc2)n1. The van der Waals surface area contributed by atoms with Crippen LogP contribution < -0.4 is 0 Å². The van der Waals surface area contributed by atoms with Crippen LogP contribution in [0.2, 0.25) is 0 Å². The highest BCUT2D eigenvalue weighted by Gasteiger charge is 2.19. The molecule has 162 valence electrons. The van der Waals surface area contributed by atoms with Gasteiger partial charge in [0.05, 0.1) is 35.5 Å². The van der Waals surface area contributed by atoms with E-state index in [0.717, 1.165) is 18.8 Å². The molecular weight excluding hydrogens is 414 g/mol. The van der Waals surface area contributed by atoms with E-state index in [9.17, 15) is 15.3 Å². The molecule has 0 unspecified atom stereocenters. The van der Waals surface area contributed by atoms with Gasteiger partial charge in [0.1, 0.15) is 0 Å². The van der Waals surface area contributed by atoms with Crippen molar-refractivity contribution < 1.29 is 15.3 Å². The van der Waals surface area contributed by atoms with Crippen LogP contribution in [0, 0.1) is 0 Å². The van der Waals surface area contributed by atoms with Crippen LogP contribution in [0.1, 0.15) is 34.2 Å². The van der Waals surface area contributed by atoms with E-state index in [4.69, 9.17) is 0 Å². The summed E-state index contributed by atoms with van der Waals surface area (Å²) in [5.74, 6) is 0.567. The molecule has 0 aliphatic heterocycles. The van der Waals surface area contributed by atoms with Crippen LogP contribution in [0.5, 0.6) is 0 Å². The van der Waals surface area contributed by atoms with Crippen molar-refractivity contribution in [3.05, 3.63) is 144 Å². The zero-order chi connectivity index (χ0) is 23.0. The van der Waals surface area contributed by atoms with Crippen LogP contribution in [-0.4, -0.2) is 30.3 Å². The van der Waals surface area contributed by atoms with Crippen molar-refractivity contribution in [2.24, 2.45) is 0 Å². The lowest BCUT2D eigenvalue weighted by Crippen LogP contribution is -2.09. The molecule has 0 aliphatic rings. The highest BCUT2D eigenvalue weighted by atomic mass is 16.2. The molecule has 0 spiro atoms. The molecule has 1 aromatic heterocycles. The van der Waals surface area contributed by atoms with Gasteiger partial charge in [0.2, 0.25) is 0 Å². The van der Waals surface area contributed by atoms with Gasteiger partial charge in [-0.05, 0) is 16.7 Å². The van der Waals surface area contributed by atoms with Crippen LogP contribution in [-0.2, 0) is 0 Å². The highest BCUT2D eigenvalue weighted by molar-refractivity contribution is 5.81. The zero-order valence-electron chi connectivity index (χ0n) is 17.6. The van der Waals surface area contributed by atoms with Gasteiger partial charge in [-0.1, -0.05) is 91.0 Å². The summed E-state index contributed by atoms with van der Waals surface area (Å²) in [5, 5.41) is 30.1. The second kappa shape index (κ2) is 10.1. The molecule has 0 aliphatic carbocycles. The van der Waals surface area contributed by atoms with Gasteiger partial charge in [0.25, 0.3) is 0 Å². The van der Waals surface area contributed by atoms with Gasteiger partial charge in [0, 0.05) is 0 Å². The van der Waals surface area contributed by atoms with E-state index in [0.29, 0.717) is 33.4 Å². The molecule has 0 amide bonds. The van der Waals surface area contributed by atoms with Gasteiger partial charge in [-0.25, -0.2) is 15.0 Å². The summed E-state index contributed by atoms with van der Waals surface area (Å²) in [7, 11) is 0. The standard InChI is InChI=1S/C27H21N3O3/c31-16-22(19-10-4-1-5-11-19)25-28-26(23(17-32)20-12-6-2-7-13-20)30-27(29-25)24(18-33)21-14-8-3-9-15-21/h1-18,31-33H/b22-16-,23-17-,24-18+. The third-order valence-electron chi connectivity index (χ3n) is 5.00. The Morgan fingerprint density at radius 3 is 0.879 bits per heavy atom. The molecule has 33 heavy (non-hydrogen) atoms. The van der Waals surface area contributed by atoms with Gasteiger partial charge in [0.15, 0.2) is 17.5 Å². The van der Waals surface area contributed by atoms with Gasteiger partial charge >= 0.3 is 0 Å². The summed E-state index contributed by atoms with van der Waals surface area (Å²) in [5.41, 5.74) is 3.22. The number of aromatic nitrogens is 3. The topological polar surface area (TPSA) is 99.4 Å². The molecule has 4 rings (SSSR count). The van der Waals surface area contributed by atoms with E-state index in [-0.39, 0.29) is 17.5 Å². The van der Waals surface area contributed by atoms with Crippen molar-refractivity contribution in [3.63, 3.8) is 0 Å². The van der Waals surface area contributed by atoms with E-state index < -0.39 is 0 Å². The minimum absolute atomic E-state index is 0.189. The van der Waals surface area contributed by atoms with E-state index in [1.807, 2.05) is 91.0 Å². The van der Waals surface area contributed by atoms with E-state index in [1.165, 1.54) is 0 Å². The Labute approximate surface area is 191 Å². The summed E-state index contributed by atoms with van der Waals surface area (Å²) < 4.78 is 0. The number of hydrogen-bond acceptors (Lipinski definition) is 6. The maximum absolute atomic E-state index is 10.0. The molecule has 0 bridgehead atoms. The molecule has 6 nitrogen and oxygen atoms in total. The fraction of sp³-hybridized carbons (Fsp3) is 0. The molecule has 0 radical (unpaired) electrons. The Hall–Kier alpha value is -4.71. The lowest BCUT2D eigenvalue weighted by atomic mass is 10.0. The Balaban J connectivity index is 1.94. The third kappa shape index (κ3) is 4.65. The van der Waals surface area contributed by atoms with Gasteiger partial charge in [-0.2, -0.15) is 0 Å². The van der Waals surface area contributed by atoms with Crippen LogP contribution in [0.4, 0.5) is 0 Å². The maximum Gasteiger partial charge on any atom is 0.167 e. The summed E-state index contributed by atoms with van der Waals surface area (Å²) >= 11 is 0. The summed E-state index contributed by atoms with van der Waals surface area (Å²) in [6.07, 6.45) is 2.82. The van der Waals surface area contributed by atoms with Crippen LogP contribution >= 0.6 is 0 Å². The average Bonchev–Trinajstić information content (AvgIpc) is 2.87. The molecule has 6 heteroatoms. The average molecular weight is 435 g/mol. The summed E-state index contributed by atoms with van der Waals surface area (Å²) in [6.45, 7) is 0. The third-order valence-corrected chi connectivity index (χ3v) is 5.00. The molecule has 4 aromatic rings. The first kappa shape index (κ1) is 21.5. The highest BCUT2D eigenvalue weighted by Crippen LogP contribution is 2.27. The van der Waals surface area contributed by atoms with Crippen molar-refractivity contribution in [3.8, 4) is 0 Å². The lowest BCUT2D eigenvalue weighted by Gasteiger charge is -2.13. The number of hydrogen-bond donors (Lipinski definition) is 3. The Morgan fingerprint density at radius 1 is 0.424 bits per heavy atom. The molecule has 3 N–H and O–H groups in total. The predicted octanol–water partition coefficient (Wildman–Crippen LogP) is 5.71. The Bertz CT molecular complexity index is 1140. The van der Waals surface area contributed by atoms with Crippen molar-refractivity contribution in [1.29, 1.82) is 0 Å². The monoisotopic (exact) mass is 435 g/mol. The van der Waals surface area contributed by atoms with Crippen molar-refractivity contribution in [2.45, 2.75) is 0 Å². The van der Waals surface area contributed by atoms with Crippen LogP contribution in [0.15, 0.2) is 110 Å². The first-order chi connectivity index (χ1) is 16.2. The van der Waals surface area contributed by atoms with Gasteiger partial charge < -0.3 is 15.3 Å². The van der Waals surface area contributed by atoms with Crippen LogP contribution in [0.25, 0.3) is 16.7 Å². The quantitative estimate of drug-likeness (QED) is 0.335. The van der Waals surface area contributed by atoms with Crippen molar-refractivity contribution in [2.75, 3.05) is 0 Å². The molecule has 0 fully saturated rings. The summed E-state index contributed by atoms with van der Waals surface area (Å²) in [6, 6.07) is 27.6. The fourth-order valence-corrected chi connectivity index (χ4v) is 3.37. The second-order valence-corrected chi connectivity index (χ2v) is 7.03. The number of nitrogens with zero attached hydrogens (tertiary/aromatic N) is 3. The number of aliphatic hydroxyl groups excluding tert-OH is 3. The Morgan fingerprint density at radius 2 is 0.667 bits per heavy atom. The summed E-state index contributed by atoms with van der Waals surface area (Å²) in [4.78, 5) is 13.7. The number of benzene rings is 3. The van der Waals surface area contributed by atoms with Crippen LogP contribution in [0.3, 0.4) is 0 Å². The number of rotatable bonds is 6.